The van der Waals surface area contributed by atoms with Crippen LogP contribution in [0.25, 0.3) is 0 Å². The van der Waals surface area contributed by atoms with Crippen LogP contribution >= 0.6 is 0 Å². The van der Waals surface area contributed by atoms with Crippen molar-refractivity contribution in [3.05, 3.63) is 41.2 Å². The average molecular weight is 383 g/mol. The van der Waals surface area contributed by atoms with Crippen LogP contribution in [-0.4, -0.2) is 35.9 Å². The van der Waals surface area contributed by atoms with Gasteiger partial charge in [-0.05, 0) is 43.0 Å². The van der Waals surface area contributed by atoms with Crippen molar-refractivity contribution >= 4 is 17.3 Å². The lowest BCUT2D eigenvalue weighted by atomic mass is 9.85. The molecule has 4 rings (SSSR count). The van der Waals surface area contributed by atoms with Crippen LogP contribution in [0.1, 0.15) is 54.8 Å². The minimum absolute atomic E-state index is 0.0226. The van der Waals surface area contributed by atoms with Gasteiger partial charge in [0.2, 0.25) is 0 Å². The number of rotatable bonds is 6. The van der Waals surface area contributed by atoms with E-state index in [9.17, 15) is 4.79 Å². The molecule has 2 heterocycles. The number of hydrogen-bond donors (Lipinski definition) is 1. The van der Waals surface area contributed by atoms with Crippen LogP contribution < -0.4 is 10.2 Å². The smallest absolute Gasteiger partial charge is 0.252 e. The van der Waals surface area contributed by atoms with Gasteiger partial charge >= 0.3 is 0 Å². The zero-order valence-corrected chi connectivity index (χ0v) is 16.9. The van der Waals surface area contributed by atoms with Crippen molar-refractivity contribution in [2.45, 2.75) is 51.0 Å². The lowest BCUT2D eigenvalue weighted by Gasteiger charge is -2.21. The van der Waals surface area contributed by atoms with Crippen molar-refractivity contribution in [1.82, 2.24) is 9.78 Å². The second-order valence-electron chi connectivity index (χ2n) is 7.97. The second-order valence-corrected chi connectivity index (χ2v) is 7.97. The Hall–Kier alpha value is -2.34. The highest BCUT2D eigenvalue weighted by atomic mass is 16.5. The molecule has 2 aliphatic rings. The van der Waals surface area contributed by atoms with Crippen LogP contribution in [0.2, 0.25) is 0 Å². The first-order chi connectivity index (χ1) is 13.7. The lowest BCUT2D eigenvalue weighted by Crippen LogP contribution is -2.31. The molecule has 6 heteroatoms. The van der Waals surface area contributed by atoms with Gasteiger partial charge in [-0.1, -0.05) is 19.3 Å². The summed E-state index contributed by atoms with van der Waals surface area (Å²) in [7, 11) is 3.57. The van der Waals surface area contributed by atoms with Crippen molar-refractivity contribution in [2.75, 3.05) is 30.5 Å². The Balaban J connectivity index is 1.44. The van der Waals surface area contributed by atoms with Gasteiger partial charge in [-0.2, -0.15) is 5.10 Å². The lowest BCUT2D eigenvalue weighted by molar-refractivity contribution is -0.122. The van der Waals surface area contributed by atoms with Crippen LogP contribution in [0.5, 0.6) is 0 Å². The molecule has 0 bridgehead atoms. The number of aryl methyl sites for hydroxylation is 1. The molecular formula is C22H30N4O2. The Morgan fingerprint density at radius 1 is 1.29 bits per heavy atom. The van der Waals surface area contributed by atoms with Gasteiger partial charge in [0.15, 0.2) is 0 Å². The molecule has 1 amide bonds. The Labute approximate surface area is 166 Å². The molecule has 0 saturated heterocycles. The van der Waals surface area contributed by atoms with Gasteiger partial charge in [0.05, 0.1) is 5.69 Å². The SMILES string of the molecule is COCC(=O)N1CCc2cc(NCc3cn(C)nc3C3CCCCC3)ccc21. The molecule has 1 aromatic heterocycles. The summed E-state index contributed by atoms with van der Waals surface area (Å²) in [5.74, 6) is 0.626. The van der Waals surface area contributed by atoms with Crippen molar-refractivity contribution in [2.24, 2.45) is 7.05 Å². The maximum absolute atomic E-state index is 12.2. The van der Waals surface area contributed by atoms with Crippen LogP contribution in [0.15, 0.2) is 24.4 Å². The number of carbonyl (C=O) groups excluding carboxylic acids is 1. The van der Waals surface area contributed by atoms with E-state index in [1.165, 1.54) is 48.9 Å². The van der Waals surface area contributed by atoms with Crippen molar-refractivity contribution in [3.63, 3.8) is 0 Å². The predicted octanol–water partition coefficient (Wildman–Crippen LogP) is 3.62. The Bertz CT molecular complexity index is 839. The van der Waals surface area contributed by atoms with E-state index in [0.717, 1.165) is 30.9 Å². The number of anilines is 2. The number of nitrogens with one attached hydrogen (secondary N) is 1. The molecule has 1 N–H and O–H groups in total. The second kappa shape index (κ2) is 8.35. The van der Waals surface area contributed by atoms with E-state index in [-0.39, 0.29) is 12.5 Å². The number of fused-ring (bicyclic) bond motifs is 1. The molecule has 1 aliphatic heterocycles. The van der Waals surface area contributed by atoms with Gasteiger partial charge in [-0.15, -0.1) is 0 Å². The molecule has 6 nitrogen and oxygen atoms in total. The molecule has 2 aromatic rings. The summed E-state index contributed by atoms with van der Waals surface area (Å²) >= 11 is 0. The van der Waals surface area contributed by atoms with Crippen LogP contribution in [0.3, 0.4) is 0 Å². The molecule has 0 unspecified atom stereocenters. The Morgan fingerprint density at radius 2 is 2.11 bits per heavy atom. The van der Waals surface area contributed by atoms with E-state index in [1.54, 1.807) is 7.11 Å². The maximum atomic E-state index is 12.2. The summed E-state index contributed by atoms with van der Waals surface area (Å²) in [6.07, 6.45) is 9.54. The highest BCUT2D eigenvalue weighted by Gasteiger charge is 2.25. The number of hydrogen-bond acceptors (Lipinski definition) is 4. The molecule has 28 heavy (non-hydrogen) atoms. The molecule has 150 valence electrons. The molecule has 1 aromatic carbocycles. The predicted molar refractivity (Wildman–Crippen MR) is 111 cm³/mol. The van der Waals surface area contributed by atoms with Crippen LogP contribution in [0.4, 0.5) is 11.4 Å². The standard InChI is InChI=1S/C22H30N4O2/c1-25-14-18(22(24-25)16-6-4-3-5-7-16)13-23-19-8-9-20-17(12-19)10-11-26(20)21(27)15-28-2/h8-9,12,14,16,23H,3-7,10-11,13,15H2,1-2H3. The first kappa shape index (κ1) is 19.0. The van der Waals surface area contributed by atoms with E-state index in [0.29, 0.717) is 5.92 Å². The van der Waals surface area contributed by atoms with Crippen molar-refractivity contribution < 1.29 is 9.53 Å². The quantitative estimate of drug-likeness (QED) is 0.829. The minimum atomic E-state index is 0.0226. The number of nitrogens with zero attached hydrogens (tertiary/aromatic N) is 3. The van der Waals surface area contributed by atoms with E-state index in [4.69, 9.17) is 9.84 Å². The third kappa shape index (κ3) is 3.92. The molecule has 0 atom stereocenters. The van der Waals surface area contributed by atoms with Gasteiger partial charge in [-0.3, -0.25) is 9.48 Å². The Kier molecular flexibility index (Phi) is 5.67. The van der Waals surface area contributed by atoms with Crippen molar-refractivity contribution in [3.8, 4) is 0 Å². The number of aromatic nitrogens is 2. The fourth-order valence-corrected chi connectivity index (χ4v) is 4.58. The number of methoxy groups -OCH3 is 1. The number of carbonyl (C=O) groups is 1. The van der Waals surface area contributed by atoms with Crippen molar-refractivity contribution in [1.29, 1.82) is 0 Å². The van der Waals surface area contributed by atoms with E-state index in [1.807, 2.05) is 22.7 Å². The van der Waals surface area contributed by atoms with Crippen LogP contribution in [0, 0.1) is 0 Å². The third-order valence-electron chi connectivity index (χ3n) is 5.96. The summed E-state index contributed by atoms with van der Waals surface area (Å²) in [5, 5.41) is 8.34. The van der Waals surface area contributed by atoms with Gasteiger partial charge in [0.25, 0.3) is 5.91 Å². The highest BCUT2D eigenvalue weighted by Crippen LogP contribution is 2.34. The van der Waals surface area contributed by atoms with Gasteiger partial charge in [0.1, 0.15) is 6.61 Å². The zero-order chi connectivity index (χ0) is 19.5. The zero-order valence-electron chi connectivity index (χ0n) is 16.9. The summed E-state index contributed by atoms with van der Waals surface area (Å²) in [6, 6.07) is 6.28. The third-order valence-corrected chi connectivity index (χ3v) is 5.96. The monoisotopic (exact) mass is 382 g/mol. The molecule has 1 saturated carbocycles. The molecule has 1 fully saturated rings. The summed E-state index contributed by atoms with van der Waals surface area (Å²) in [4.78, 5) is 14.0. The number of ether oxygens (including phenoxy) is 1. The van der Waals surface area contributed by atoms with Gasteiger partial charge in [-0.25, -0.2) is 0 Å². The first-order valence-corrected chi connectivity index (χ1v) is 10.3. The minimum Gasteiger partial charge on any atom is -0.381 e. The van der Waals surface area contributed by atoms with Gasteiger partial charge in [0, 0.05) is 56.3 Å². The maximum Gasteiger partial charge on any atom is 0.252 e. The van der Waals surface area contributed by atoms with Gasteiger partial charge < -0.3 is 15.0 Å². The number of amides is 1. The topological polar surface area (TPSA) is 59.4 Å². The first-order valence-electron chi connectivity index (χ1n) is 10.3. The summed E-state index contributed by atoms with van der Waals surface area (Å²) in [6.45, 7) is 1.64. The summed E-state index contributed by atoms with van der Waals surface area (Å²) < 4.78 is 6.94. The van der Waals surface area contributed by atoms with E-state index in [2.05, 4.69) is 23.6 Å². The molecule has 0 spiro atoms. The average Bonchev–Trinajstić information content (AvgIpc) is 3.30. The molecular weight excluding hydrogens is 352 g/mol. The fraction of sp³-hybridized carbons (Fsp3) is 0.545. The normalized spacial score (nSPS) is 17.0. The number of benzene rings is 1. The van der Waals surface area contributed by atoms with E-state index < -0.39 is 0 Å². The highest BCUT2D eigenvalue weighted by molar-refractivity contribution is 5.96. The summed E-state index contributed by atoms with van der Waals surface area (Å²) in [5.41, 5.74) is 5.89. The Morgan fingerprint density at radius 3 is 2.89 bits per heavy atom. The fourth-order valence-electron chi connectivity index (χ4n) is 4.58. The van der Waals surface area contributed by atoms with E-state index >= 15 is 0 Å². The molecule has 1 aliphatic carbocycles. The van der Waals surface area contributed by atoms with Crippen LogP contribution in [-0.2, 0) is 29.5 Å². The largest absolute Gasteiger partial charge is 0.381 e. The molecule has 0 radical (unpaired) electrons.